The van der Waals surface area contributed by atoms with Gasteiger partial charge in [0.1, 0.15) is 0 Å². The lowest BCUT2D eigenvalue weighted by molar-refractivity contribution is -0.116. The van der Waals surface area contributed by atoms with Gasteiger partial charge in [0, 0.05) is 23.8 Å². The molecule has 1 saturated carbocycles. The molecule has 8 nitrogen and oxygen atoms in total. The van der Waals surface area contributed by atoms with E-state index in [4.69, 9.17) is 0 Å². The largest absolute Gasteiger partial charge is 0.326 e. The van der Waals surface area contributed by atoms with Gasteiger partial charge in [0.05, 0.1) is 10.6 Å². The molecule has 31 heavy (non-hydrogen) atoms. The summed E-state index contributed by atoms with van der Waals surface area (Å²) in [4.78, 5) is 12.4. The predicted octanol–water partition coefficient (Wildman–Crippen LogP) is 2.85. The van der Waals surface area contributed by atoms with Crippen LogP contribution in [0.3, 0.4) is 0 Å². The third-order valence-electron chi connectivity index (χ3n) is 4.69. The average molecular weight is 466 g/mol. The van der Waals surface area contributed by atoms with Crippen LogP contribution in [-0.4, -0.2) is 34.5 Å². The van der Waals surface area contributed by atoms with Gasteiger partial charge in [-0.1, -0.05) is 19.1 Å². The number of benzene rings is 2. The SMILES string of the molecule is CCCS(=O)(=O)Nc1ccc(NC(=O)CCc2ccc(S(=O)(=O)NC3CC3)cc2)cc1. The van der Waals surface area contributed by atoms with Crippen LogP contribution >= 0.6 is 0 Å². The minimum atomic E-state index is -3.48. The first-order valence-electron chi connectivity index (χ1n) is 10.2. The van der Waals surface area contributed by atoms with Gasteiger partial charge in [0.2, 0.25) is 26.0 Å². The smallest absolute Gasteiger partial charge is 0.240 e. The zero-order valence-corrected chi connectivity index (χ0v) is 18.9. The molecule has 3 rings (SSSR count). The Hall–Kier alpha value is -2.43. The number of carbonyl (C=O) groups excluding carboxylic acids is 1. The summed E-state index contributed by atoms with van der Waals surface area (Å²) in [6.07, 6.45) is 2.99. The molecule has 1 amide bonds. The number of hydrogen-bond donors (Lipinski definition) is 3. The van der Waals surface area contributed by atoms with Crippen LogP contribution in [0.25, 0.3) is 0 Å². The summed E-state index contributed by atoms with van der Waals surface area (Å²) in [6, 6.07) is 13.0. The lowest BCUT2D eigenvalue weighted by Crippen LogP contribution is -2.25. The van der Waals surface area contributed by atoms with Gasteiger partial charge in [0.15, 0.2) is 0 Å². The predicted molar refractivity (Wildman–Crippen MR) is 121 cm³/mol. The normalized spacial score (nSPS) is 14.2. The van der Waals surface area contributed by atoms with Crippen LogP contribution in [0.1, 0.15) is 38.2 Å². The van der Waals surface area contributed by atoms with Crippen molar-refractivity contribution in [2.24, 2.45) is 0 Å². The van der Waals surface area contributed by atoms with E-state index in [2.05, 4.69) is 14.8 Å². The molecule has 0 aliphatic heterocycles. The Balaban J connectivity index is 1.48. The van der Waals surface area contributed by atoms with Gasteiger partial charge in [0.25, 0.3) is 0 Å². The minimum Gasteiger partial charge on any atom is -0.326 e. The van der Waals surface area contributed by atoms with Crippen LogP contribution in [0.2, 0.25) is 0 Å². The minimum absolute atomic E-state index is 0.0510. The highest BCUT2D eigenvalue weighted by Crippen LogP contribution is 2.22. The molecule has 0 radical (unpaired) electrons. The summed E-state index contributed by atoms with van der Waals surface area (Å²) in [5.41, 5.74) is 1.87. The number of amides is 1. The van der Waals surface area contributed by atoms with Crippen molar-refractivity contribution >= 4 is 37.3 Å². The zero-order valence-electron chi connectivity index (χ0n) is 17.3. The number of aryl methyl sites for hydroxylation is 1. The van der Waals surface area contributed by atoms with E-state index in [9.17, 15) is 21.6 Å². The Morgan fingerprint density at radius 2 is 1.55 bits per heavy atom. The molecule has 1 aliphatic carbocycles. The highest BCUT2D eigenvalue weighted by molar-refractivity contribution is 7.92. The lowest BCUT2D eigenvalue weighted by Gasteiger charge is -2.09. The van der Waals surface area contributed by atoms with Crippen LogP contribution < -0.4 is 14.8 Å². The number of sulfonamides is 2. The molecular formula is C21H27N3O5S2. The van der Waals surface area contributed by atoms with Crippen molar-refractivity contribution in [3.8, 4) is 0 Å². The van der Waals surface area contributed by atoms with Crippen molar-refractivity contribution in [1.29, 1.82) is 0 Å². The summed E-state index contributed by atoms with van der Waals surface area (Å²) in [5, 5.41) is 2.77. The van der Waals surface area contributed by atoms with Crippen LogP contribution in [0, 0.1) is 0 Å². The third kappa shape index (κ3) is 7.34. The molecule has 0 heterocycles. The Labute approximate surface area is 183 Å². The summed E-state index contributed by atoms with van der Waals surface area (Å²) in [7, 11) is -6.83. The average Bonchev–Trinajstić information content (AvgIpc) is 3.51. The monoisotopic (exact) mass is 465 g/mol. The van der Waals surface area contributed by atoms with E-state index in [-0.39, 0.29) is 29.0 Å². The van der Waals surface area contributed by atoms with Crippen LogP contribution in [0.15, 0.2) is 53.4 Å². The van der Waals surface area contributed by atoms with Gasteiger partial charge in [-0.15, -0.1) is 0 Å². The van der Waals surface area contributed by atoms with Gasteiger partial charge >= 0.3 is 0 Å². The van der Waals surface area contributed by atoms with Gasteiger partial charge in [-0.2, -0.15) is 0 Å². The summed E-state index contributed by atoms with van der Waals surface area (Å²) >= 11 is 0. The van der Waals surface area contributed by atoms with E-state index < -0.39 is 20.0 Å². The van der Waals surface area contributed by atoms with E-state index >= 15 is 0 Å². The van der Waals surface area contributed by atoms with Gasteiger partial charge in [-0.25, -0.2) is 21.6 Å². The molecular weight excluding hydrogens is 438 g/mol. The van der Waals surface area contributed by atoms with Crippen molar-refractivity contribution in [2.45, 2.75) is 50.0 Å². The second kappa shape index (κ2) is 9.80. The molecule has 0 spiro atoms. The number of rotatable bonds is 11. The van der Waals surface area contributed by atoms with Crippen LogP contribution in [0.4, 0.5) is 11.4 Å². The van der Waals surface area contributed by atoms with E-state index in [0.29, 0.717) is 24.2 Å². The zero-order chi connectivity index (χ0) is 22.5. The van der Waals surface area contributed by atoms with Crippen LogP contribution in [0.5, 0.6) is 0 Å². The molecule has 1 fully saturated rings. The number of nitrogens with one attached hydrogen (secondary N) is 3. The molecule has 1 aliphatic rings. The topological polar surface area (TPSA) is 121 Å². The number of anilines is 2. The fourth-order valence-electron chi connectivity index (χ4n) is 2.93. The fourth-order valence-corrected chi connectivity index (χ4v) is 5.37. The second-order valence-electron chi connectivity index (χ2n) is 7.59. The Bertz CT molecular complexity index is 1110. The standard InChI is InChI=1S/C21H27N3O5S2/c1-2-15-30(26,27)23-18-8-6-17(7-9-18)22-21(25)14-5-16-3-12-20(13-4-16)31(28,29)24-19-10-11-19/h3-4,6-9,12-13,19,23-24H,2,5,10-11,14-15H2,1H3,(H,22,25). The molecule has 0 saturated heterocycles. The highest BCUT2D eigenvalue weighted by Gasteiger charge is 2.27. The maximum atomic E-state index is 12.2. The molecule has 0 aromatic heterocycles. The van der Waals surface area contributed by atoms with Crippen molar-refractivity contribution < 1.29 is 21.6 Å². The molecule has 10 heteroatoms. The first-order valence-corrected chi connectivity index (χ1v) is 13.3. The highest BCUT2D eigenvalue weighted by atomic mass is 32.2. The van der Waals surface area contributed by atoms with Gasteiger partial charge in [-0.3, -0.25) is 9.52 Å². The van der Waals surface area contributed by atoms with Crippen LogP contribution in [-0.2, 0) is 31.3 Å². The van der Waals surface area contributed by atoms with Crippen molar-refractivity contribution in [1.82, 2.24) is 4.72 Å². The van der Waals surface area contributed by atoms with E-state index in [1.165, 1.54) is 0 Å². The Morgan fingerprint density at radius 3 is 2.13 bits per heavy atom. The van der Waals surface area contributed by atoms with E-state index in [1.54, 1.807) is 55.5 Å². The molecule has 0 atom stereocenters. The maximum Gasteiger partial charge on any atom is 0.240 e. The summed E-state index contributed by atoms with van der Waals surface area (Å²) in [5.74, 6) is -0.137. The summed E-state index contributed by atoms with van der Waals surface area (Å²) in [6.45, 7) is 1.79. The van der Waals surface area contributed by atoms with E-state index in [1.807, 2.05) is 0 Å². The molecule has 3 N–H and O–H groups in total. The Morgan fingerprint density at radius 1 is 0.935 bits per heavy atom. The van der Waals surface area contributed by atoms with Crippen molar-refractivity contribution in [3.63, 3.8) is 0 Å². The molecule has 0 unspecified atom stereocenters. The van der Waals surface area contributed by atoms with Gasteiger partial charge in [-0.05, 0) is 67.6 Å². The molecule has 2 aromatic rings. The lowest BCUT2D eigenvalue weighted by atomic mass is 10.1. The summed E-state index contributed by atoms with van der Waals surface area (Å²) < 4.78 is 53.1. The first-order chi connectivity index (χ1) is 14.7. The molecule has 0 bridgehead atoms. The molecule has 168 valence electrons. The number of hydrogen-bond acceptors (Lipinski definition) is 5. The van der Waals surface area contributed by atoms with E-state index in [0.717, 1.165) is 18.4 Å². The maximum absolute atomic E-state index is 12.2. The van der Waals surface area contributed by atoms with Crippen molar-refractivity contribution in [2.75, 3.05) is 15.8 Å². The number of carbonyl (C=O) groups is 1. The molecule has 2 aromatic carbocycles. The van der Waals surface area contributed by atoms with Crippen molar-refractivity contribution in [3.05, 3.63) is 54.1 Å². The first kappa shape index (κ1) is 23.2. The fraction of sp³-hybridized carbons (Fsp3) is 0.381. The Kier molecular flexibility index (Phi) is 7.34. The quantitative estimate of drug-likeness (QED) is 0.471. The third-order valence-corrected chi connectivity index (χ3v) is 7.72. The second-order valence-corrected chi connectivity index (χ2v) is 11.1. The van der Waals surface area contributed by atoms with Gasteiger partial charge < -0.3 is 5.32 Å².